The van der Waals surface area contributed by atoms with Crippen LogP contribution < -0.4 is 11.1 Å². The lowest BCUT2D eigenvalue weighted by molar-refractivity contribution is -0.124. The van der Waals surface area contributed by atoms with Crippen molar-refractivity contribution in [2.24, 2.45) is 5.73 Å². The van der Waals surface area contributed by atoms with Gasteiger partial charge in [-0.1, -0.05) is 13.8 Å². The first-order chi connectivity index (χ1) is 9.41. The minimum Gasteiger partial charge on any atom is -0.350 e. The molecule has 5 heteroatoms. The van der Waals surface area contributed by atoms with Crippen LogP contribution in [0.3, 0.4) is 0 Å². The standard InChI is InChI=1S/C15H32N4O/c1-5-13(11-16)19-9-7-18(8-10-19)12-14(20)17-15(3,4)6-2/h13H,5-12,16H2,1-4H3,(H,17,20). The molecule has 118 valence electrons. The van der Waals surface area contributed by atoms with Crippen LogP contribution in [0.2, 0.25) is 0 Å². The number of piperazine rings is 1. The van der Waals surface area contributed by atoms with Gasteiger partial charge in [-0.3, -0.25) is 14.6 Å². The van der Waals surface area contributed by atoms with Crippen LogP contribution in [0.25, 0.3) is 0 Å². The molecule has 1 amide bonds. The molecule has 0 radical (unpaired) electrons. The van der Waals surface area contributed by atoms with E-state index in [2.05, 4.69) is 42.8 Å². The monoisotopic (exact) mass is 284 g/mol. The third kappa shape index (κ3) is 5.38. The minimum atomic E-state index is -0.105. The largest absolute Gasteiger partial charge is 0.350 e. The molecule has 0 saturated carbocycles. The summed E-state index contributed by atoms with van der Waals surface area (Å²) in [5, 5.41) is 3.10. The maximum Gasteiger partial charge on any atom is 0.234 e. The Hall–Kier alpha value is -0.650. The van der Waals surface area contributed by atoms with Crippen LogP contribution in [0.4, 0.5) is 0 Å². The van der Waals surface area contributed by atoms with Crippen LogP contribution in [0.15, 0.2) is 0 Å². The molecule has 1 aliphatic heterocycles. The Morgan fingerprint density at radius 2 is 1.85 bits per heavy atom. The van der Waals surface area contributed by atoms with E-state index in [0.717, 1.165) is 45.6 Å². The van der Waals surface area contributed by atoms with Crippen molar-refractivity contribution in [3.63, 3.8) is 0 Å². The molecule has 0 aromatic rings. The fourth-order valence-corrected chi connectivity index (χ4v) is 2.57. The zero-order valence-electron chi connectivity index (χ0n) is 13.6. The van der Waals surface area contributed by atoms with Crippen molar-refractivity contribution in [1.29, 1.82) is 0 Å². The lowest BCUT2D eigenvalue weighted by Gasteiger charge is -2.38. The number of hydrogen-bond donors (Lipinski definition) is 2. The summed E-state index contributed by atoms with van der Waals surface area (Å²) in [5.41, 5.74) is 5.69. The molecule has 5 nitrogen and oxygen atoms in total. The van der Waals surface area contributed by atoms with Crippen LogP contribution in [-0.4, -0.2) is 66.6 Å². The van der Waals surface area contributed by atoms with Gasteiger partial charge < -0.3 is 11.1 Å². The summed E-state index contributed by atoms with van der Waals surface area (Å²) >= 11 is 0. The van der Waals surface area contributed by atoms with Crippen molar-refractivity contribution >= 4 is 5.91 Å². The first-order valence-electron chi connectivity index (χ1n) is 7.89. The second kappa shape index (κ2) is 7.96. The van der Waals surface area contributed by atoms with Crippen molar-refractivity contribution < 1.29 is 4.79 Å². The Morgan fingerprint density at radius 3 is 2.30 bits per heavy atom. The zero-order valence-corrected chi connectivity index (χ0v) is 13.6. The molecule has 1 unspecified atom stereocenters. The van der Waals surface area contributed by atoms with E-state index >= 15 is 0 Å². The van der Waals surface area contributed by atoms with Crippen LogP contribution in [0.1, 0.15) is 40.5 Å². The normalized spacial score (nSPS) is 19.9. The first kappa shape index (κ1) is 17.4. The highest BCUT2D eigenvalue weighted by molar-refractivity contribution is 5.78. The zero-order chi connectivity index (χ0) is 15.2. The SMILES string of the molecule is CCC(CN)N1CCN(CC(=O)NC(C)(C)CC)CC1. The van der Waals surface area contributed by atoms with Crippen LogP contribution >= 0.6 is 0 Å². The van der Waals surface area contributed by atoms with Gasteiger partial charge in [-0.2, -0.15) is 0 Å². The summed E-state index contributed by atoms with van der Waals surface area (Å²) in [7, 11) is 0. The highest BCUT2D eigenvalue weighted by atomic mass is 16.2. The van der Waals surface area contributed by atoms with Crippen LogP contribution in [-0.2, 0) is 4.79 Å². The molecule has 0 aromatic heterocycles. The van der Waals surface area contributed by atoms with Gasteiger partial charge in [0.15, 0.2) is 0 Å². The Morgan fingerprint density at radius 1 is 1.25 bits per heavy atom. The number of amides is 1. The van der Waals surface area contributed by atoms with E-state index < -0.39 is 0 Å². The lowest BCUT2D eigenvalue weighted by Crippen LogP contribution is -2.55. The van der Waals surface area contributed by atoms with E-state index in [9.17, 15) is 4.79 Å². The maximum atomic E-state index is 12.0. The molecule has 0 aliphatic carbocycles. The lowest BCUT2D eigenvalue weighted by atomic mass is 10.0. The molecule has 1 saturated heterocycles. The van der Waals surface area contributed by atoms with Crippen molar-refractivity contribution in [2.75, 3.05) is 39.3 Å². The van der Waals surface area contributed by atoms with E-state index in [0.29, 0.717) is 12.6 Å². The quantitative estimate of drug-likeness (QED) is 0.720. The van der Waals surface area contributed by atoms with E-state index in [1.54, 1.807) is 0 Å². The fraction of sp³-hybridized carbons (Fsp3) is 0.933. The van der Waals surface area contributed by atoms with E-state index in [-0.39, 0.29) is 11.4 Å². The second-order valence-electron chi connectivity index (χ2n) is 6.40. The number of nitrogens with zero attached hydrogens (tertiary/aromatic N) is 2. The second-order valence-corrected chi connectivity index (χ2v) is 6.40. The van der Waals surface area contributed by atoms with E-state index in [1.165, 1.54) is 0 Å². The topological polar surface area (TPSA) is 61.6 Å². The van der Waals surface area contributed by atoms with Gasteiger partial charge in [0.2, 0.25) is 5.91 Å². The van der Waals surface area contributed by atoms with Crippen molar-refractivity contribution in [3.05, 3.63) is 0 Å². The Kier molecular flexibility index (Phi) is 6.92. The molecule has 3 N–H and O–H groups in total. The Labute approximate surface area is 123 Å². The van der Waals surface area contributed by atoms with E-state index in [4.69, 9.17) is 5.73 Å². The van der Waals surface area contributed by atoms with Gasteiger partial charge in [0.25, 0.3) is 0 Å². The van der Waals surface area contributed by atoms with Crippen molar-refractivity contribution in [2.45, 2.75) is 52.1 Å². The summed E-state index contributed by atoms with van der Waals surface area (Å²) in [6, 6.07) is 0.491. The number of nitrogens with two attached hydrogens (primary N) is 1. The highest BCUT2D eigenvalue weighted by Gasteiger charge is 2.24. The molecule has 0 aromatic carbocycles. The Bertz CT molecular complexity index is 294. The van der Waals surface area contributed by atoms with Crippen molar-refractivity contribution in [3.8, 4) is 0 Å². The van der Waals surface area contributed by atoms with Crippen LogP contribution in [0.5, 0.6) is 0 Å². The predicted octanol–water partition coefficient (Wildman–Crippen LogP) is 0.646. The first-order valence-corrected chi connectivity index (χ1v) is 7.89. The number of carbonyl (C=O) groups excluding carboxylic acids is 1. The average molecular weight is 284 g/mol. The molecule has 0 spiro atoms. The number of rotatable bonds is 7. The van der Waals surface area contributed by atoms with Crippen LogP contribution in [0, 0.1) is 0 Å². The smallest absolute Gasteiger partial charge is 0.234 e. The summed E-state index contributed by atoms with van der Waals surface area (Å²) in [6.45, 7) is 13.6. The molecule has 1 aliphatic rings. The van der Waals surface area contributed by atoms with Gasteiger partial charge in [-0.15, -0.1) is 0 Å². The average Bonchev–Trinajstić information content (AvgIpc) is 2.41. The number of nitrogens with one attached hydrogen (secondary N) is 1. The predicted molar refractivity (Wildman–Crippen MR) is 83.7 cm³/mol. The molecular weight excluding hydrogens is 252 g/mol. The summed E-state index contributed by atoms with van der Waals surface area (Å²) < 4.78 is 0. The van der Waals surface area contributed by atoms with Gasteiger partial charge in [-0.05, 0) is 26.7 Å². The summed E-state index contributed by atoms with van der Waals surface area (Å²) in [5.74, 6) is 0.135. The summed E-state index contributed by atoms with van der Waals surface area (Å²) in [6.07, 6.45) is 2.04. The molecule has 1 rings (SSSR count). The van der Waals surface area contributed by atoms with E-state index in [1.807, 2.05) is 0 Å². The van der Waals surface area contributed by atoms with Gasteiger partial charge in [0, 0.05) is 44.3 Å². The highest BCUT2D eigenvalue weighted by Crippen LogP contribution is 2.09. The molecule has 1 atom stereocenters. The molecular formula is C15H32N4O. The summed E-state index contributed by atoms with van der Waals surface area (Å²) in [4.78, 5) is 16.7. The molecule has 20 heavy (non-hydrogen) atoms. The van der Waals surface area contributed by atoms with Gasteiger partial charge in [0.05, 0.1) is 6.54 Å². The van der Waals surface area contributed by atoms with Gasteiger partial charge in [-0.25, -0.2) is 0 Å². The van der Waals surface area contributed by atoms with Gasteiger partial charge in [0.1, 0.15) is 0 Å². The Balaban J connectivity index is 2.34. The minimum absolute atomic E-state index is 0.105. The third-order valence-electron chi connectivity index (χ3n) is 4.40. The molecule has 1 fully saturated rings. The maximum absolute atomic E-state index is 12.0. The molecule has 1 heterocycles. The van der Waals surface area contributed by atoms with Crippen molar-refractivity contribution in [1.82, 2.24) is 15.1 Å². The fourth-order valence-electron chi connectivity index (χ4n) is 2.57. The number of hydrogen-bond acceptors (Lipinski definition) is 4. The molecule has 0 bridgehead atoms. The third-order valence-corrected chi connectivity index (χ3v) is 4.40. The number of carbonyl (C=O) groups is 1. The van der Waals surface area contributed by atoms with Gasteiger partial charge >= 0.3 is 0 Å².